The fraction of sp³-hybridized carbons (Fsp3) is 0.174. The van der Waals surface area contributed by atoms with Crippen molar-refractivity contribution in [2.24, 2.45) is 0 Å². The number of nitrogens with one attached hydrogen (secondary N) is 2. The Morgan fingerprint density at radius 3 is 2.37 bits per heavy atom. The third-order valence-corrected chi connectivity index (χ3v) is 5.48. The molecule has 3 aromatic carbocycles. The van der Waals surface area contributed by atoms with Gasteiger partial charge in [0.15, 0.2) is 0 Å². The molecule has 0 saturated heterocycles. The second-order valence-electron chi connectivity index (χ2n) is 6.78. The normalized spacial score (nSPS) is 11.6. The Morgan fingerprint density at radius 1 is 0.867 bits per heavy atom. The SMILES string of the molecule is CC(Sc1cccc(NC(=O)CCC(=O)O)c1)C(=O)Nc1ccc2ccccc2c1. The van der Waals surface area contributed by atoms with Crippen molar-refractivity contribution in [3.8, 4) is 0 Å². The Morgan fingerprint density at radius 2 is 1.60 bits per heavy atom. The molecule has 0 aliphatic carbocycles. The van der Waals surface area contributed by atoms with E-state index >= 15 is 0 Å². The van der Waals surface area contributed by atoms with E-state index in [0.717, 1.165) is 21.4 Å². The molecule has 0 spiro atoms. The largest absolute Gasteiger partial charge is 0.481 e. The third kappa shape index (κ3) is 6.09. The first-order chi connectivity index (χ1) is 14.4. The molecular formula is C23H22N2O4S. The zero-order valence-corrected chi connectivity index (χ0v) is 17.2. The highest BCUT2D eigenvalue weighted by atomic mass is 32.2. The van der Waals surface area contributed by atoms with Gasteiger partial charge in [-0.15, -0.1) is 11.8 Å². The molecule has 154 valence electrons. The van der Waals surface area contributed by atoms with Crippen LogP contribution in [0.3, 0.4) is 0 Å². The molecule has 30 heavy (non-hydrogen) atoms. The van der Waals surface area contributed by atoms with Gasteiger partial charge in [-0.25, -0.2) is 0 Å². The van der Waals surface area contributed by atoms with Crippen LogP contribution < -0.4 is 10.6 Å². The van der Waals surface area contributed by atoms with Gasteiger partial charge in [0.2, 0.25) is 11.8 Å². The molecule has 3 aromatic rings. The molecule has 0 saturated carbocycles. The number of hydrogen-bond donors (Lipinski definition) is 3. The first-order valence-corrected chi connectivity index (χ1v) is 10.4. The summed E-state index contributed by atoms with van der Waals surface area (Å²) >= 11 is 1.38. The first kappa shape index (κ1) is 21.4. The monoisotopic (exact) mass is 422 g/mol. The molecule has 0 aliphatic heterocycles. The van der Waals surface area contributed by atoms with Crippen LogP contribution in [-0.4, -0.2) is 28.1 Å². The second kappa shape index (κ2) is 9.93. The van der Waals surface area contributed by atoms with Gasteiger partial charge in [-0.05, 0) is 48.0 Å². The number of amides is 2. The molecule has 1 atom stereocenters. The van der Waals surface area contributed by atoms with E-state index in [1.54, 1.807) is 18.2 Å². The number of aliphatic carboxylic acids is 1. The highest BCUT2D eigenvalue weighted by Crippen LogP contribution is 2.27. The lowest BCUT2D eigenvalue weighted by Crippen LogP contribution is -2.22. The number of anilines is 2. The van der Waals surface area contributed by atoms with Crippen LogP contribution in [0.25, 0.3) is 10.8 Å². The first-order valence-electron chi connectivity index (χ1n) is 9.49. The van der Waals surface area contributed by atoms with Crippen LogP contribution in [-0.2, 0) is 14.4 Å². The quantitative estimate of drug-likeness (QED) is 0.455. The smallest absolute Gasteiger partial charge is 0.303 e. The maximum atomic E-state index is 12.6. The summed E-state index contributed by atoms with van der Waals surface area (Å²) in [7, 11) is 0. The van der Waals surface area contributed by atoms with E-state index in [9.17, 15) is 14.4 Å². The summed E-state index contributed by atoms with van der Waals surface area (Å²) in [6, 6.07) is 20.9. The summed E-state index contributed by atoms with van der Waals surface area (Å²) < 4.78 is 0. The van der Waals surface area contributed by atoms with E-state index < -0.39 is 5.97 Å². The van der Waals surface area contributed by atoms with Crippen LogP contribution in [0.4, 0.5) is 11.4 Å². The minimum Gasteiger partial charge on any atom is -0.481 e. The molecular weight excluding hydrogens is 400 g/mol. The van der Waals surface area contributed by atoms with Crippen LogP contribution in [0.2, 0.25) is 0 Å². The molecule has 3 rings (SSSR count). The number of carboxylic acids is 1. The number of thioether (sulfide) groups is 1. The molecule has 0 heterocycles. The average Bonchev–Trinajstić information content (AvgIpc) is 2.72. The van der Waals surface area contributed by atoms with Crippen LogP contribution in [0.1, 0.15) is 19.8 Å². The Hall–Kier alpha value is -3.32. The van der Waals surface area contributed by atoms with Gasteiger partial charge < -0.3 is 15.7 Å². The minimum absolute atomic E-state index is 0.0860. The van der Waals surface area contributed by atoms with Gasteiger partial charge >= 0.3 is 5.97 Å². The predicted molar refractivity (Wildman–Crippen MR) is 120 cm³/mol. The van der Waals surface area contributed by atoms with E-state index in [-0.39, 0.29) is 29.9 Å². The summed E-state index contributed by atoms with van der Waals surface area (Å²) in [5.41, 5.74) is 1.31. The molecule has 0 aliphatic rings. The van der Waals surface area contributed by atoms with Gasteiger partial charge in [0, 0.05) is 22.7 Å². The molecule has 3 N–H and O–H groups in total. The van der Waals surface area contributed by atoms with Crippen molar-refractivity contribution in [1.82, 2.24) is 0 Å². The summed E-state index contributed by atoms with van der Waals surface area (Å²) in [5.74, 6) is -1.49. The van der Waals surface area contributed by atoms with Crippen molar-refractivity contribution >= 4 is 51.7 Å². The number of fused-ring (bicyclic) bond motifs is 1. The summed E-state index contributed by atoms with van der Waals surface area (Å²) in [6.45, 7) is 1.82. The van der Waals surface area contributed by atoms with Crippen LogP contribution in [0.5, 0.6) is 0 Å². The van der Waals surface area contributed by atoms with Gasteiger partial charge in [-0.3, -0.25) is 14.4 Å². The Labute approximate surface area is 178 Å². The molecule has 6 nitrogen and oxygen atoms in total. The molecule has 0 aromatic heterocycles. The van der Waals surface area contributed by atoms with Gasteiger partial charge in [-0.2, -0.15) is 0 Å². The van der Waals surface area contributed by atoms with Crippen LogP contribution in [0, 0.1) is 0 Å². The minimum atomic E-state index is -1.01. The number of benzene rings is 3. The van der Waals surface area contributed by atoms with E-state index in [4.69, 9.17) is 5.11 Å². The topological polar surface area (TPSA) is 95.5 Å². The van der Waals surface area contributed by atoms with Crippen LogP contribution >= 0.6 is 11.8 Å². The summed E-state index contributed by atoms with van der Waals surface area (Å²) in [6.07, 6.45) is -0.302. The van der Waals surface area contributed by atoms with Crippen LogP contribution in [0.15, 0.2) is 71.6 Å². The zero-order chi connectivity index (χ0) is 21.5. The molecule has 0 radical (unpaired) electrons. The van der Waals surface area contributed by atoms with Crippen molar-refractivity contribution in [1.29, 1.82) is 0 Å². The second-order valence-corrected chi connectivity index (χ2v) is 8.20. The molecule has 7 heteroatoms. The maximum Gasteiger partial charge on any atom is 0.303 e. The lowest BCUT2D eigenvalue weighted by atomic mass is 10.1. The fourth-order valence-electron chi connectivity index (χ4n) is 2.86. The van der Waals surface area contributed by atoms with Crippen molar-refractivity contribution in [3.63, 3.8) is 0 Å². The van der Waals surface area contributed by atoms with E-state index in [1.807, 2.05) is 55.5 Å². The number of carbonyl (C=O) groups excluding carboxylic acids is 2. The average molecular weight is 423 g/mol. The number of rotatable bonds is 8. The number of carbonyl (C=O) groups is 3. The highest BCUT2D eigenvalue weighted by molar-refractivity contribution is 8.00. The Bertz CT molecular complexity index is 1080. The van der Waals surface area contributed by atoms with E-state index in [2.05, 4.69) is 10.6 Å². The van der Waals surface area contributed by atoms with Crippen molar-refractivity contribution in [2.75, 3.05) is 10.6 Å². The van der Waals surface area contributed by atoms with Gasteiger partial charge in [0.05, 0.1) is 11.7 Å². The fourth-order valence-corrected chi connectivity index (χ4v) is 3.79. The summed E-state index contributed by atoms with van der Waals surface area (Å²) in [4.78, 5) is 35.8. The molecule has 2 amide bonds. The predicted octanol–water partition coefficient (Wildman–Crippen LogP) is 4.76. The van der Waals surface area contributed by atoms with Gasteiger partial charge in [-0.1, -0.05) is 36.4 Å². The summed E-state index contributed by atoms with van der Waals surface area (Å²) in [5, 5.41) is 16.1. The Kier molecular flexibility index (Phi) is 7.08. The van der Waals surface area contributed by atoms with Gasteiger partial charge in [0.1, 0.15) is 0 Å². The zero-order valence-electron chi connectivity index (χ0n) is 16.4. The highest BCUT2D eigenvalue weighted by Gasteiger charge is 2.15. The standard InChI is InChI=1S/C23H22N2O4S/c1-15(23(29)25-19-10-9-16-5-2-3-6-17(16)13-19)30-20-8-4-7-18(14-20)24-21(26)11-12-22(27)28/h2-10,13-15H,11-12H2,1H3,(H,24,26)(H,25,29)(H,27,28). The van der Waals surface area contributed by atoms with E-state index in [0.29, 0.717) is 5.69 Å². The van der Waals surface area contributed by atoms with E-state index in [1.165, 1.54) is 11.8 Å². The van der Waals surface area contributed by atoms with Gasteiger partial charge in [0.25, 0.3) is 0 Å². The Balaban J connectivity index is 1.59. The van der Waals surface area contributed by atoms with Crippen molar-refractivity contribution in [3.05, 3.63) is 66.7 Å². The lowest BCUT2D eigenvalue weighted by molar-refractivity contribution is -0.138. The van der Waals surface area contributed by atoms with Crippen molar-refractivity contribution in [2.45, 2.75) is 29.9 Å². The number of hydrogen-bond acceptors (Lipinski definition) is 4. The molecule has 0 fully saturated rings. The molecule has 1 unspecified atom stereocenters. The third-order valence-electron chi connectivity index (χ3n) is 4.38. The number of carboxylic acid groups (broad SMARTS) is 1. The lowest BCUT2D eigenvalue weighted by Gasteiger charge is -2.13. The van der Waals surface area contributed by atoms with Crippen molar-refractivity contribution < 1.29 is 19.5 Å². The molecule has 0 bridgehead atoms. The maximum absolute atomic E-state index is 12.6.